The third-order valence-electron chi connectivity index (χ3n) is 20.3. The molecule has 3 N–H and O–H groups in total. The SMILES string of the molecule is CC(=O)CC(C)(C)Cc1c(-c2cc(N3CCN(C4CC4)CC3)cnc2C(C)C)n(CC(F)(F)F)c2ccc(N3CCCCC3)cc12.[B]C([B])(O)N1C(C(=C)N(CC)CC2CCN(C(C(=C)NC(C)C(=C)N3CCCCN3)C3CCCC3)C2)C1C1CC1. The van der Waals surface area contributed by atoms with Gasteiger partial charge in [0.25, 0.3) is 0 Å². The number of nitrogens with zero attached hydrogens (tertiary/aromatic N) is 9. The Morgan fingerprint density at radius 2 is 1.55 bits per heavy atom. The summed E-state index contributed by atoms with van der Waals surface area (Å²) in [6.45, 7) is 38.4. The molecule has 6 atom stereocenters. The number of hydrazine groups is 1. The van der Waals surface area contributed by atoms with E-state index < -0.39 is 23.7 Å². The molecule has 18 heteroatoms. The molecule has 5 saturated heterocycles. The molecule has 8 aliphatic rings. The number of pyridine rings is 1. The fraction of sp³-hybridized carbons (Fsp3) is 0.706. The van der Waals surface area contributed by atoms with E-state index in [1.54, 1.807) is 6.92 Å². The predicted molar refractivity (Wildman–Crippen MR) is 346 cm³/mol. The number of alkyl halides is 3. The van der Waals surface area contributed by atoms with Gasteiger partial charge in [-0.1, -0.05) is 60.3 Å². The van der Waals surface area contributed by atoms with E-state index in [0.717, 1.165) is 142 Å². The third kappa shape index (κ3) is 15.4. The van der Waals surface area contributed by atoms with Crippen molar-refractivity contribution in [2.45, 2.75) is 206 Å². The maximum absolute atomic E-state index is 14.5. The maximum Gasteiger partial charge on any atom is 0.406 e. The normalized spacial score (nSPS) is 24.4. The third-order valence-corrected chi connectivity index (χ3v) is 20.3. The zero-order chi connectivity index (χ0) is 61.4. The number of likely N-dealkylation sites (tertiary alicyclic amines) is 1. The lowest BCUT2D eigenvalue weighted by Crippen LogP contribution is -2.49. The number of Topliss-reactive ketones (excluding diaryl/α,β-unsaturated/α-hetero) is 1. The largest absolute Gasteiger partial charge is 0.406 e. The van der Waals surface area contributed by atoms with Crippen LogP contribution in [0.3, 0.4) is 0 Å². The molecule has 6 unspecified atom stereocenters. The summed E-state index contributed by atoms with van der Waals surface area (Å²) in [5.41, 5.74) is 10.2. The smallest absolute Gasteiger partial charge is 0.395 e. The molecule has 13 nitrogen and oxygen atoms in total. The first-order valence-corrected chi connectivity index (χ1v) is 33.3. The average Bonchev–Trinajstić information content (AvgIpc) is 1.59. The van der Waals surface area contributed by atoms with Gasteiger partial charge in [0.1, 0.15) is 28.0 Å². The van der Waals surface area contributed by atoms with Gasteiger partial charge in [0.2, 0.25) is 0 Å². The van der Waals surface area contributed by atoms with Crippen LogP contribution in [-0.2, 0) is 17.8 Å². The number of carbonyl (C=O) groups excluding carboxylic acids is 1. The number of anilines is 2. The van der Waals surface area contributed by atoms with Crippen molar-refractivity contribution in [3.05, 3.63) is 78.5 Å². The van der Waals surface area contributed by atoms with Crippen LogP contribution in [0.2, 0.25) is 0 Å². The molecule has 11 rings (SSSR count). The van der Waals surface area contributed by atoms with E-state index in [0.29, 0.717) is 53.9 Å². The highest BCUT2D eigenvalue weighted by Crippen LogP contribution is 2.52. The molecular weight excluding hydrogens is 1080 g/mol. The zero-order valence-electron chi connectivity index (χ0n) is 53.4. The molecule has 86 heavy (non-hydrogen) atoms. The van der Waals surface area contributed by atoms with Crippen molar-refractivity contribution in [1.29, 1.82) is 0 Å². The van der Waals surface area contributed by atoms with Gasteiger partial charge in [0.05, 0.1) is 41.4 Å². The van der Waals surface area contributed by atoms with Gasteiger partial charge in [-0.2, -0.15) is 13.2 Å². The number of likely N-dealkylation sites (N-methyl/N-ethyl adjacent to an activating group) is 1. The maximum atomic E-state index is 14.5. The molecule has 0 amide bonds. The second kappa shape index (κ2) is 26.9. The summed E-state index contributed by atoms with van der Waals surface area (Å²) in [5, 5.41) is 17.2. The van der Waals surface area contributed by atoms with Crippen LogP contribution < -0.4 is 20.5 Å². The Bertz CT molecular complexity index is 2850. The number of hydrogen-bond acceptors (Lipinski definition) is 12. The highest BCUT2D eigenvalue weighted by atomic mass is 19.4. The first kappa shape index (κ1) is 64.5. The number of piperidine rings is 1. The number of aliphatic hydroxyl groups is 1. The van der Waals surface area contributed by atoms with Crippen molar-refractivity contribution in [3.8, 4) is 11.3 Å². The monoisotopic (exact) mass is 1180 g/mol. The fourth-order valence-corrected chi connectivity index (χ4v) is 15.8. The number of nitrogens with one attached hydrogen (secondary N) is 2. The summed E-state index contributed by atoms with van der Waals surface area (Å²) in [7, 11) is 11.9. The van der Waals surface area contributed by atoms with Crippen LogP contribution >= 0.6 is 0 Å². The van der Waals surface area contributed by atoms with Crippen molar-refractivity contribution in [2.75, 3.05) is 88.3 Å². The van der Waals surface area contributed by atoms with E-state index >= 15 is 0 Å². The number of halogens is 3. The van der Waals surface area contributed by atoms with Crippen LogP contribution in [-0.4, -0.2) is 181 Å². The Balaban J connectivity index is 0.000000193. The first-order valence-electron chi connectivity index (χ1n) is 33.3. The van der Waals surface area contributed by atoms with Crippen molar-refractivity contribution >= 4 is 43.8 Å². The number of piperazine rings is 1. The van der Waals surface area contributed by atoms with E-state index in [1.807, 2.05) is 23.2 Å². The van der Waals surface area contributed by atoms with E-state index in [1.165, 1.54) is 81.6 Å². The molecule has 1 aromatic carbocycles. The van der Waals surface area contributed by atoms with Gasteiger partial charge in [-0.15, -0.1) is 0 Å². The van der Waals surface area contributed by atoms with Crippen molar-refractivity contribution in [2.24, 2.45) is 23.2 Å². The lowest BCUT2D eigenvalue weighted by molar-refractivity contribution is -0.139. The molecule has 5 aliphatic heterocycles. The Hall–Kier alpha value is -4.48. The number of ketones is 1. The Labute approximate surface area is 516 Å². The number of aromatic nitrogens is 2. The molecule has 2 aromatic heterocycles. The van der Waals surface area contributed by atoms with Gasteiger partial charge >= 0.3 is 6.18 Å². The molecule has 468 valence electrons. The summed E-state index contributed by atoms with van der Waals surface area (Å²) in [4.78, 5) is 31.6. The van der Waals surface area contributed by atoms with E-state index in [9.17, 15) is 23.1 Å². The first-order chi connectivity index (χ1) is 40.9. The Kier molecular flexibility index (Phi) is 20.2. The lowest BCUT2D eigenvalue weighted by atomic mass is 9.73. The van der Waals surface area contributed by atoms with Crippen LogP contribution in [0, 0.1) is 23.2 Å². The average molecular weight is 1180 g/mol. The minimum absolute atomic E-state index is 0.00936. The quantitative estimate of drug-likeness (QED) is 0.0588. The number of benzene rings is 1. The number of carbonyl (C=O) groups is 1. The molecule has 4 radical (unpaired) electrons. The molecule has 3 aliphatic carbocycles. The van der Waals surface area contributed by atoms with Crippen molar-refractivity contribution in [3.63, 3.8) is 0 Å². The van der Waals surface area contributed by atoms with Crippen molar-refractivity contribution in [1.82, 2.24) is 44.9 Å². The predicted octanol–water partition coefficient (Wildman–Crippen LogP) is 10.9. The van der Waals surface area contributed by atoms with E-state index in [2.05, 4.69) is 114 Å². The molecule has 0 spiro atoms. The summed E-state index contributed by atoms with van der Waals surface area (Å²) in [6, 6.07) is 9.58. The molecular formula is C68H102B2F3N11O2. The van der Waals surface area contributed by atoms with Gasteiger partial charge in [-0.3, -0.25) is 19.7 Å². The van der Waals surface area contributed by atoms with Gasteiger partial charge in [0.15, 0.2) is 0 Å². The van der Waals surface area contributed by atoms with Gasteiger partial charge < -0.3 is 39.5 Å². The standard InChI is InChI=1S/C37H50F3N5O.C31H52B2N6O/c1-25(2)34-31(20-29(23-41-34)44-17-15-43(16-18-44)27-9-10-27)35-32(22-36(4,5)21-26(3)46)30-19-28(42-13-7-6-8-14-42)11-12-33(30)45(35)24-37(38,39)40;1-6-36(24(5)29-30(27-13-14-27)39(29)31(32,33)40)19-25-15-18-37(20-25)28(26-11-7-8-12-26)22(3)35-21(2)23(4)38-17-10-9-16-34-38/h11-12,19-20,23,25,27H,6-10,13-18,21-22,24H2,1-5H3;21,25-30,34-35,40H,3-20H2,1-2H3. The number of rotatable bonds is 24. The second-order valence-corrected chi connectivity index (χ2v) is 28.3. The minimum Gasteiger partial charge on any atom is -0.395 e. The fourth-order valence-electron chi connectivity index (χ4n) is 15.8. The van der Waals surface area contributed by atoms with Crippen LogP contribution in [0.15, 0.2) is 67.3 Å². The van der Waals surface area contributed by atoms with E-state index in [-0.39, 0.29) is 29.8 Å². The van der Waals surface area contributed by atoms with Crippen LogP contribution in [0.25, 0.3) is 22.2 Å². The number of fused-ring (bicyclic) bond motifs is 1. The lowest BCUT2D eigenvalue weighted by Gasteiger charge is -2.38. The minimum atomic E-state index is -4.42. The number of hydrogen-bond donors (Lipinski definition) is 3. The molecule has 7 heterocycles. The van der Waals surface area contributed by atoms with Crippen molar-refractivity contribution < 1.29 is 23.1 Å². The highest BCUT2D eigenvalue weighted by Gasteiger charge is 2.61. The second-order valence-electron chi connectivity index (χ2n) is 28.3. The molecule has 3 saturated carbocycles. The summed E-state index contributed by atoms with van der Waals surface area (Å²) in [6.07, 6.45) is 15.5. The summed E-state index contributed by atoms with van der Waals surface area (Å²) in [5.74, 6) is 1.90. The zero-order valence-corrected chi connectivity index (χ0v) is 53.4. The topological polar surface area (TPSA) is 102 Å². The molecule has 8 fully saturated rings. The highest BCUT2D eigenvalue weighted by molar-refractivity contribution is 6.38. The van der Waals surface area contributed by atoms with Gasteiger partial charge in [-0.05, 0) is 170 Å². The van der Waals surface area contributed by atoms with E-state index in [4.69, 9.17) is 20.7 Å². The Morgan fingerprint density at radius 3 is 2.15 bits per heavy atom. The van der Waals surface area contributed by atoms with Crippen LogP contribution in [0.5, 0.6) is 0 Å². The van der Waals surface area contributed by atoms with Gasteiger partial charge in [0, 0.05) is 135 Å². The van der Waals surface area contributed by atoms with Crippen LogP contribution in [0.1, 0.15) is 162 Å². The molecule has 0 bridgehead atoms. The summed E-state index contributed by atoms with van der Waals surface area (Å²) >= 11 is 0. The summed E-state index contributed by atoms with van der Waals surface area (Å²) < 4.78 is 45.0. The van der Waals surface area contributed by atoms with Crippen LogP contribution in [0.4, 0.5) is 24.5 Å². The molecule has 3 aromatic rings. The Morgan fingerprint density at radius 1 is 0.860 bits per heavy atom. The van der Waals surface area contributed by atoms with Gasteiger partial charge in [-0.25, -0.2) is 5.43 Å².